The minimum Gasteiger partial charge on any atom is -0.478 e. The molecule has 2 heterocycles. The van der Waals surface area contributed by atoms with Gasteiger partial charge in [-0.25, -0.2) is 4.79 Å². The maximum atomic E-state index is 11.3. The van der Waals surface area contributed by atoms with Crippen LogP contribution in [0.25, 0.3) is 0 Å². The third-order valence-corrected chi connectivity index (χ3v) is 4.27. The van der Waals surface area contributed by atoms with Crippen LogP contribution in [0, 0.1) is 6.92 Å². The standard InChI is InChI=1S/C15H18N2O2S/c1-10-7-14(13(9-16-10)15(18)19)17(3)11(2)8-12-5-4-6-20-12/h4-7,9,11H,8H2,1-3H3,(H,18,19). The third-order valence-electron chi connectivity index (χ3n) is 3.37. The number of carbonyl (C=O) groups is 1. The largest absolute Gasteiger partial charge is 0.478 e. The number of aryl methyl sites for hydroxylation is 1. The number of nitrogens with zero attached hydrogens (tertiary/aromatic N) is 2. The molecular weight excluding hydrogens is 272 g/mol. The molecule has 106 valence electrons. The van der Waals surface area contributed by atoms with Gasteiger partial charge in [-0.3, -0.25) is 4.98 Å². The van der Waals surface area contributed by atoms with Crippen LogP contribution in [0.3, 0.4) is 0 Å². The van der Waals surface area contributed by atoms with Crippen molar-refractivity contribution in [2.24, 2.45) is 0 Å². The number of hydrogen-bond acceptors (Lipinski definition) is 4. The van der Waals surface area contributed by atoms with Gasteiger partial charge in [-0.05, 0) is 31.4 Å². The van der Waals surface area contributed by atoms with Gasteiger partial charge in [0.1, 0.15) is 5.56 Å². The average Bonchev–Trinajstić information content (AvgIpc) is 2.90. The van der Waals surface area contributed by atoms with Crippen LogP contribution in [-0.2, 0) is 6.42 Å². The van der Waals surface area contributed by atoms with Crippen molar-refractivity contribution in [3.05, 3.63) is 45.9 Å². The van der Waals surface area contributed by atoms with Gasteiger partial charge in [0.2, 0.25) is 0 Å². The molecule has 0 aliphatic carbocycles. The quantitative estimate of drug-likeness (QED) is 0.918. The van der Waals surface area contributed by atoms with Gasteiger partial charge in [0.25, 0.3) is 0 Å². The lowest BCUT2D eigenvalue weighted by molar-refractivity contribution is 0.0697. The van der Waals surface area contributed by atoms with Crippen LogP contribution in [0.5, 0.6) is 0 Å². The number of anilines is 1. The molecule has 0 bridgehead atoms. The number of hydrogen-bond donors (Lipinski definition) is 1. The summed E-state index contributed by atoms with van der Waals surface area (Å²) in [5, 5.41) is 11.3. The fourth-order valence-electron chi connectivity index (χ4n) is 2.10. The topological polar surface area (TPSA) is 53.4 Å². The molecule has 1 N–H and O–H groups in total. The van der Waals surface area contributed by atoms with Gasteiger partial charge >= 0.3 is 5.97 Å². The number of likely N-dealkylation sites (N-methyl/N-ethyl adjacent to an activating group) is 1. The first kappa shape index (κ1) is 14.5. The molecule has 4 nitrogen and oxygen atoms in total. The van der Waals surface area contributed by atoms with Crippen molar-refractivity contribution < 1.29 is 9.90 Å². The summed E-state index contributed by atoms with van der Waals surface area (Å²) in [5.41, 5.74) is 1.78. The maximum absolute atomic E-state index is 11.3. The minimum absolute atomic E-state index is 0.216. The first-order chi connectivity index (χ1) is 9.49. The lowest BCUT2D eigenvalue weighted by atomic mass is 10.1. The van der Waals surface area contributed by atoms with Crippen molar-refractivity contribution >= 4 is 23.0 Å². The molecule has 20 heavy (non-hydrogen) atoms. The molecule has 0 aliphatic rings. The van der Waals surface area contributed by atoms with Crippen molar-refractivity contribution in [2.45, 2.75) is 26.3 Å². The Bertz CT molecular complexity index is 596. The molecule has 0 aliphatic heterocycles. The lowest BCUT2D eigenvalue weighted by Gasteiger charge is -2.28. The molecule has 5 heteroatoms. The minimum atomic E-state index is -0.942. The Morgan fingerprint density at radius 3 is 2.90 bits per heavy atom. The van der Waals surface area contributed by atoms with E-state index in [-0.39, 0.29) is 11.6 Å². The van der Waals surface area contributed by atoms with Crippen LogP contribution in [0.15, 0.2) is 29.8 Å². The molecule has 0 spiro atoms. The molecule has 1 atom stereocenters. The summed E-state index contributed by atoms with van der Waals surface area (Å²) in [7, 11) is 1.93. The number of carboxylic acid groups (broad SMARTS) is 1. The Hall–Kier alpha value is -1.88. The highest BCUT2D eigenvalue weighted by Crippen LogP contribution is 2.24. The highest BCUT2D eigenvalue weighted by atomic mass is 32.1. The summed E-state index contributed by atoms with van der Waals surface area (Å²) < 4.78 is 0. The Labute approximate surface area is 122 Å². The maximum Gasteiger partial charge on any atom is 0.339 e. The van der Waals surface area contributed by atoms with Crippen LogP contribution >= 0.6 is 11.3 Å². The predicted molar refractivity (Wildman–Crippen MR) is 81.8 cm³/mol. The van der Waals surface area contributed by atoms with E-state index in [0.717, 1.165) is 12.1 Å². The van der Waals surface area contributed by atoms with Gasteiger partial charge < -0.3 is 10.0 Å². The number of aromatic nitrogens is 1. The number of carboxylic acids is 1. The lowest BCUT2D eigenvalue weighted by Crippen LogP contribution is -2.32. The van der Waals surface area contributed by atoms with Gasteiger partial charge in [-0.15, -0.1) is 11.3 Å². The molecule has 2 rings (SSSR count). The molecule has 0 saturated heterocycles. The van der Waals surface area contributed by atoms with Gasteiger partial charge in [-0.1, -0.05) is 6.07 Å². The Morgan fingerprint density at radius 1 is 1.55 bits per heavy atom. The normalized spacial score (nSPS) is 12.2. The Morgan fingerprint density at radius 2 is 2.30 bits per heavy atom. The highest BCUT2D eigenvalue weighted by Gasteiger charge is 2.18. The third kappa shape index (κ3) is 3.17. The van der Waals surface area contributed by atoms with Crippen LogP contribution in [0.2, 0.25) is 0 Å². The zero-order valence-electron chi connectivity index (χ0n) is 11.8. The van der Waals surface area contributed by atoms with Crippen LogP contribution in [0.1, 0.15) is 27.9 Å². The SMILES string of the molecule is Cc1cc(N(C)C(C)Cc2cccs2)c(C(=O)O)cn1. The van der Waals surface area contributed by atoms with Crippen molar-refractivity contribution in [3.63, 3.8) is 0 Å². The molecular formula is C15H18N2O2S. The molecule has 1 unspecified atom stereocenters. The zero-order valence-corrected chi connectivity index (χ0v) is 12.6. The van der Waals surface area contributed by atoms with Gasteiger partial charge in [0.05, 0.1) is 5.69 Å². The molecule has 2 aromatic heterocycles. The average molecular weight is 290 g/mol. The zero-order chi connectivity index (χ0) is 14.7. The fourth-order valence-corrected chi connectivity index (χ4v) is 2.92. The van der Waals surface area contributed by atoms with Gasteiger partial charge in [-0.2, -0.15) is 0 Å². The summed E-state index contributed by atoms with van der Waals surface area (Å²) in [6.07, 6.45) is 2.33. The van der Waals surface area contributed by atoms with Gasteiger partial charge in [0.15, 0.2) is 0 Å². The first-order valence-corrected chi connectivity index (χ1v) is 7.32. The summed E-state index contributed by atoms with van der Waals surface area (Å²) >= 11 is 1.72. The number of aromatic carboxylic acids is 1. The second-order valence-electron chi connectivity index (χ2n) is 4.89. The summed E-state index contributed by atoms with van der Waals surface area (Å²) in [4.78, 5) is 18.7. The van der Waals surface area contributed by atoms with Crippen LogP contribution in [-0.4, -0.2) is 29.1 Å². The molecule has 0 amide bonds. The molecule has 0 radical (unpaired) electrons. The Balaban J connectivity index is 2.25. The van der Waals surface area contributed by atoms with Crippen molar-refractivity contribution in [1.29, 1.82) is 0 Å². The van der Waals surface area contributed by atoms with E-state index in [1.54, 1.807) is 11.3 Å². The summed E-state index contributed by atoms with van der Waals surface area (Å²) in [5.74, 6) is -0.942. The summed E-state index contributed by atoms with van der Waals surface area (Å²) in [6.45, 7) is 3.97. The molecule has 0 saturated carbocycles. The second kappa shape index (κ2) is 6.05. The molecule has 0 fully saturated rings. The van der Waals surface area contributed by atoms with E-state index in [0.29, 0.717) is 5.69 Å². The fraction of sp³-hybridized carbons (Fsp3) is 0.333. The van der Waals surface area contributed by atoms with E-state index in [4.69, 9.17) is 0 Å². The van der Waals surface area contributed by atoms with Crippen LogP contribution < -0.4 is 4.90 Å². The molecule has 0 aromatic carbocycles. The highest BCUT2D eigenvalue weighted by molar-refractivity contribution is 7.09. The van der Waals surface area contributed by atoms with Gasteiger partial charge in [0, 0.05) is 36.3 Å². The number of thiophene rings is 1. The summed E-state index contributed by atoms with van der Waals surface area (Å²) in [6, 6.07) is 6.18. The van der Waals surface area contributed by atoms with Crippen molar-refractivity contribution in [2.75, 3.05) is 11.9 Å². The Kier molecular flexibility index (Phi) is 4.39. The second-order valence-corrected chi connectivity index (χ2v) is 5.92. The first-order valence-electron chi connectivity index (χ1n) is 6.44. The van der Waals surface area contributed by atoms with E-state index >= 15 is 0 Å². The number of pyridine rings is 1. The van der Waals surface area contributed by atoms with Crippen molar-refractivity contribution in [1.82, 2.24) is 4.98 Å². The molecule has 2 aromatic rings. The van der Waals surface area contributed by atoms with E-state index in [1.807, 2.05) is 31.0 Å². The smallest absolute Gasteiger partial charge is 0.339 e. The van der Waals surface area contributed by atoms with E-state index in [1.165, 1.54) is 11.1 Å². The monoisotopic (exact) mass is 290 g/mol. The van der Waals surface area contributed by atoms with Crippen molar-refractivity contribution in [3.8, 4) is 0 Å². The van der Waals surface area contributed by atoms with Crippen LogP contribution in [0.4, 0.5) is 5.69 Å². The number of rotatable bonds is 5. The van der Waals surface area contributed by atoms with E-state index < -0.39 is 5.97 Å². The predicted octanol–water partition coefficient (Wildman–Crippen LogP) is 3.22. The van der Waals surface area contributed by atoms with E-state index in [9.17, 15) is 9.90 Å². The van der Waals surface area contributed by atoms with E-state index in [2.05, 4.69) is 23.4 Å².